The molecular formula is C14H28N4O. The molecule has 1 rings (SSSR count). The Hall–Kier alpha value is -0.910. The number of aryl methyl sites for hydroxylation is 1. The van der Waals surface area contributed by atoms with Crippen molar-refractivity contribution in [2.24, 2.45) is 12.8 Å². The summed E-state index contributed by atoms with van der Waals surface area (Å²) in [5, 5.41) is 4.28. The van der Waals surface area contributed by atoms with Gasteiger partial charge in [-0.1, -0.05) is 13.8 Å². The van der Waals surface area contributed by atoms with Gasteiger partial charge in [-0.05, 0) is 19.9 Å². The molecule has 0 saturated carbocycles. The first kappa shape index (κ1) is 16.1. The maximum Gasteiger partial charge on any atom is 0.0615 e. The van der Waals surface area contributed by atoms with E-state index in [-0.39, 0.29) is 12.1 Å². The van der Waals surface area contributed by atoms with Crippen LogP contribution in [0.15, 0.2) is 12.4 Å². The minimum atomic E-state index is 0.100. The van der Waals surface area contributed by atoms with Crippen LogP contribution >= 0.6 is 0 Å². The van der Waals surface area contributed by atoms with Crippen LogP contribution < -0.4 is 5.73 Å². The van der Waals surface area contributed by atoms with E-state index in [2.05, 4.69) is 37.0 Å². The largest absolute Gasteiger partial charge is 0.383 e. The SMILES string of the molecule is CCC(N)C(c1cnn(C)c1)N(CC)C(C)COC. The number of nitrogens with two attached hydrogens (primary N) is 1. The Bertz CT molecular complexity index is 366. The molecule has 0 aliphatic rings. The molecule has 3 unspecified atom stereocenters. The molecule has 0 amide bonds. The Kier molecular flexibility index (Phi) is 6.48. The van der Waals surface area contributed by atoms with E-state index in [1.54, 1.807) is 7.11 Å². The smallest absolute Gasteiger partial charge is 0.0615 e. The van der Waals surface area contributed by atoms with E-state index in [1.165, 1.54) is 5.56 Å². The van der Waals surface area contributed by atoms with Crippen molar-refractivity contribution in [3.8, 4) is 0 Å². The monoisotopic (exact) mass is 268 g/mol. The second-order valence-electron chi connectivity index (χ2n) is 5.10. The van der Waals surface area contributed by atoms with E-state index in [9.17, 15) is 0 Å². The van der Waals surface area contributed by atoms with Crippen molar-refractivity contribution in [1.82, 2.24) is 14.7 Å². The Labute approximate surface area is 116 Å². The van der Waals surface area contributed by atoms with Gasteiger partial charge in [0.1, 0.15) is 0 Å². The van der Waals surface area contributed by atoms with Gasteiger partial charge >= 0.3 is 0 Å². The summed E-state index contributed by atoms with van der Waals surface area (Å²) in [6, 6.07) is 0.620. The fourth-order valence-corrected chi connectivity index (χ4v) is 2.62. The summed E-state index contributed by atoms with van der Waals surface area (Å²) in [4.78, 5) is 2.40. The molecule has 1 aromatic heterocycles. The van der Waals surface area contributed by atoms with Gasteiger partial charge in [0, 0.05) is 38.0 Å². The predicted molar refractivity (Wildman–Crippen MR) is 77.9 cm³/mol. The third-order valence-electron chi connectivity index (χ3n) is 3.64. The van der Waals surface area contributed by atoms with Gasteiger partial charge in [0.05, 0.1) is 18.8 Å². The Balaban J connectivity index is 3.00. The van der Waals surface area contributed by atoms with Crippen LogP contribution in [0.1, 0.15) is 38.8 Å². The zero-order valence-corrected chi connectivity index (χ0v) is 12.8. The molecule has 0 bridgehead atoms. The number of likely N-dealkylation sites (N-methyl/N-ethyl adjacent to an activating group) is 1. The summed E-state index contributed by atoms with van der Waals surface area (Å²) in [5.41, 5.74) is 7.53. The Morgan fingerprint density at radius 3 is 2.58 bits per heavy atom. The zero-order chi connectivity index (χ0) is 14.4. The number of rotatable bonds is 8. The van der Waals surface area contributed by atoms with Crippen molar-refractivity contribution in [3.05, 3.63) is 18.0 Å². The lowest BCUT2D eigenvalue weighted by atomic mass is 9.97. The van der Waals surface area contributed by atoms with Gasteiger partial charge in [-0.25, -0.2) is 0 Å². The molecule has 0 saturated heterocycles. The highest BCUT2D eigenvalue weighted by Crippen LogP contribution is 2.26. The topological polar surface area (TPSA) is 56.3 Å². The van der Waals surface area contributed by atoms with Crippen LogP contribution in [0, 0.1) is 0 Å². The van der Waals surface area contributed by atoms with Gasteiger partial charge in [-0.2, -0.15) is 5.10 Å². The molecule has 0 aromatic carbocycles. The lowest BCUT2D eigenvalue weighted by molar-refractivity contribution is 0.0628. The van der Waals surface area contributed by atoms with Crippen molar-refractivity contribution < 1.29 is 4.74 Å². The van der Waals surface area contributed by atoms with Gasteiger partial charge in [0.25, 0.3) is 0 Å². The first-order chi connectivity index (χ1) is 9.04. The zero-order valence-electron chi connectivity index (χ0n) is 12.8. The van der Waals surface area contributed by atoms with Gasteiger partial charge in [-0.3, -0.25) is 9.58 Å². The van der Waals surface area contributed by atoms with Crippen LogP contribution in [-0.4, -0.2) is 47.0 Å². The second-order valence-corrected chi connectivity index (χ2v) is 5.10. The van der Waals surface area contributed by atoms with Crippen molar-refractivity contribution in [2.75, 3.05) is 20.3 Å². The Morgan fingerprint density at radius 1 is 1.47 bits per heavy atom. The van der Waals surface area contributed by atoms with E-state index in [4.69, 9.17) is 10.5 Å². The molecule has 19 heavy (non-hydrogen) atoms. The van der Waals surface area contributed by atoms with Crippen LogP contribution in [0.4, 0.5) is 0 Å². The molecule has 110 valence electrons. The number of methoxy groups -OCH3 is 1. The molecule has 5 nitrogen and oxygen atoms in total. The summed E-state index contributed by atoms with van der Waals surface area (Å²) in [6.45, 7) is 8.12. The maximum absolute atomic E-state index is 6.35. The molecule has 0 fully saturated rings. The molecular weight excluding hydrogens is 240 g/mol. The molecule has 0 aliphatic heterocycles. The van der Waals surface area contributed by atoms with Crippen LogP contribution in [0.2, 0.25) is 0 Å². The molecule has 0 spiro atoms. The van der Waals surface area contributed by atoms with Crippen molar-refractivity contribution >= 4 is 0 Å². The molecule has 0 radical (unpaired) electrons. The standard InChI is InChI=1S/C14H28N4O/c1-6-13(15)14(12-8-16-17(4)9-12)18(7-2)11(3)10-19-5/h8-9,11,13-14H,6-7,10,15H2,1-5H3. The highest BCUT2D eigenvalue weighted by Gasteiger charge is 2.29. The summed E-state index contributed by atoms with van der Waals surface area (Å²) < 4.78 is 7.12. The number of ether oxygens (including phenoxy) is 1. The van der Waals surface area contributed by atoms with Crippen LogP contribution in [0.25, 0.3) is 0 Å². The first-order valence-corrected chi connectivity index (χ1v) is 7.03. The van der Waals surface area contributed by atoms with Crippen molar-refractivity contribution in [3.63, 3.8) is 0 Å². The predicted octanol–water partition coefficient (Wildman–Crippen LogP) is 1.56. The third-order valence-corrected chi connectivity index (χ3v) is 3.64. The molecule has 1 heterocycles. The van der Waals surface area contributed by atoms with Crippen LogP contribution in [-0.2, 0) is 11.8 Å². The first-order valence-electron chi connectivity index (χ1n) is 7.03. The number of hydrogen-bond donors (Lipinski definition) is 1. The average Bonchev–Trinajstić information content (AvgIpc) is 2.81. The summed E-state index contributed by atoms with van der Waals surface area (Å²) >= 11 is 0. The Morgan fingerprint density at radius 2 is 2.16 bits per heavy atom. The normalized spacial score (nSPS) is 16.6. The third kappa shape index (κ3) is 4.03. The minimum absolute atomic E-state index is 0.100. The quantitative estimate of drug-likeness (QED) is 0.777. The minimum Gasteiger partial charge on any atom is -0.383 e. The van der Waals surface area contributed by atoms with Crippen LogP contribution in [0.5, 0.6) is 0 Å². The molecule has 1 aromatic rings. The van der Waals surface area contributed by atoms with Crippen molar-refractivity contribution in [1.29, 1.82) is 0 Å². The average molecular weight is 268 g/mol. The van der Waals surface area contributed by atoms with E-state index in [0.717, 1.165) is 13.0 Å². The summed E-state index contributed by atoms with van der Waals surface area (Å²) in [7, 11) is 3.68. The fourth-order valence-electron chi connectivity index (χ4n) is 2.62. The van der Waals surface area contributed by atoms with E-state index >= 15 is 0 Å². The molecule has 2 N–H and O–H groups in total. The van der Waals surface area contributed by atoms with E-state index < -0.39 is 0 Å². The van der Waals surface area contributed by atoms with Gasteiger partial charge in [0.2, 0.25) is 0 Å². The van der Waals surface area contributed by atoms with E-state index in [0.29, 0.717) is 12.6 Å². The van der Waals surface area contributed by atoms with Crippen LogP contribution in [0.3, 0.4) is 0 Å². The highest BCUT2D eigenvalue weighted by atomic mass is 16.5. The van der Waals surface area contributed by atoms with Crippen molar-refractivity contribution in [2.45, 2.75) is 45.3 Å². The molecule has 0 aliphatic carbocycles. The second kappa shape index (κ2) is 7.62. The number of nitrogens with zero attached hydrogens (tertiary/aromatic N) is 3. The van der Waals surface area contributed by atoms with E-state index in [1.807, 2.05) is 17.9 Å². The lowest BCUT2D eigenvalue weighted by Gasteiger charge is -2.38. The highest BCUT2D eigenvalue weighted by molar-refractivity contribution is 5.14. The lowest BCUT2D eigenvalue weighted by Crippen LogP contribution is -2.46. The number of aromatic nitrogens is 2. The van der Waals surface area contributed by atoms with Gasteiger partial charge in [-0.15, -0.1) is 0 Å². The number of hydrogen-bond acceptors (Lipinski definition) is 4. The maximum atomic E-state index is 6.35. The fraction of sp³-hybridized carbons (Fsp3) is 0.786. The molecule has 5 heteroatoms. The van der Waals surface area contributed by atoms with Gasteiger partial charge < -0.3 is 10.5 Å². The summed E-state index contributed by atoms with van der Waals surface area (Å²) in [5.74, 6) is 0. The van der Waals surface area contributed by atoms with Gasteiger partial charge in [0.15, 0.2) is 0 Å². The molecule has 3 atom stereocenters. The summed E-state index contributed by atoms with van der Waals surface area (Å²) in [6.07, 6.45) is 4.92.